The number of rotatable bonds is 9. The first-order valence-corrected chi connectivity index (χ1v) is 9.95. The zero-order valence-electron chi connectivity index (χ0n) is 16.5. The predicted molar refractivity (Wildman–Crippen MR) is 106 cm³/mol. The number of carbonyl (C=O) groups is 2. The van der Waals surface area contributed by atoms with Crippen LogP contribution >= 0.6 is 0 Å². The fraction of sp³-hybridized carbons (Fsp3) is 0.619. The van der Waals surface area contributed by atoms with Gasteiger partial charge in [-0.15, -0.1) is 0 Å². The molecule has 0 radical (unpaired) electrons. The summed E-state index contributed by atoms with van der Waals surface area (Å²) in [6.07, 6.45) is 3.01. The molecule has 0 spiro atoms. The maximum absolute atomic E-state index is 12.9. The number of nitrogens with one attached hydrogen (secondary N) is 1. The van der Waals surface area contributed by atoms with Crippen molar-refractivity contribution < 1.29 is 14.3 Å². The van der Waals surface area contributed by atoms with E-state index in [0.717, 1.165) is 24.8 Å². The van der Waals surface area contributed by atoms with Crippen molar-refractivity contribution in [3.8, 4) is 0 Å². The average Bonchev–Trinajstić information content (AvgIpc) is 2.67. The molecule has 2 amide bonds. The van der Waals surface area contributed by atoms with Gasteiger partial charge in [0.2, 0.25) is 11.8 Å². The van der Waals surface area contributed by atoms with E-state index in [1.807, 2.05) is 49.1 Å². The number of likely N-dealkylation sites (tertiary alicyclic amines) is 1. The van der Waals surface area contributed by atoms with Crippen molar-refractivity contribution in [2.24, 2.45) is 11.7 Å². The van der Waals surface area contributed by atoms with Gasteiger partial charge in [-0.3, -0.25) is 9.59 Å². The summed E-state index contributed by atoms with van der Waals surface area (Å²) in [4.78, 5) is 27.2. The van der Waals surface area contributed by atoms with Gasteiger partial charge in [-0.05, 0) is 37.3 Å². The molecule has 0 bridgehead atoms. The third kappa shape index (κ3) is 6.96. The highest BCUT2D eigenvalue weighted by atomic mass is 16.5. The Morgan fingerprint density at radius 3 is 2.48 bits per heavy atom. The molecule has 1 aromatic rings. The van der Waals surface area contributed by atoms with Gasteiger partial charge in [0.15, 0.2) is 0 Å². The summed E-state index contributed by atoms with van der Waals surface area (Å²) in [6, 6.07) is 9.09. The van der Waals surface area contributed by atoms with Gasteiger partial charge in [-0.25, -0.2) is 0 Å². The minimum atomic E-state index is -0.490. The first-order chi connectivity index (χ1) is 13.0. The van der Waals surface area contributed by atoms with Crippen LogP contribution in [0.1, 0.15) is 38.7 Å². The Balaban J connectivity index is 1.85. The Labute approximate surface area is 162 Å². The third-order valence-electron chi connectivity index (χ3n) is 4.91. The Hall–Kier alpha value is -1.92. The number of benzene rings is 1. The maximum atomic E-state index is 12.9. The molecule has 2 rings (SSSR count). The zero-order chi connectivity index (χ0) is 19.6. The number of nitrogens with zero attached hydrogens (tertiary/aromatic N) is 1. The van der Waals surface area contributed by atoms with Crippen molar-refractivity contribution in [2.75, 3.05) is 26.2 Å². The molecule has 3 N–H and O–H groups in total. The minimum Gasteiger partial charge on any atom is -0.378 e. The van der Waals surface area contributed by atoms with E-state index in [-0.39, 0.29) is 30.3 Å². The molecule has 6 heteroatoms. The molecule has 1 aliphatic rings. The second kappa shape index (κ2) is 11.0. The smallest absolute Gasteiger partial charge is 0.245 e. The second-order valence-electron chi connectivity index (χ2n) is 7.49. The highest BCUT2D eigenvalue weighted by molar-refractivity contribution is 5.88. The van der Waals surface area contributed by atoms with Crippen LogP contribution in [-0.4, -0.2) is 55.1 Å². The molecule has 0 aromatic heterocycles. The highest BCUT2D eigenvalue weighted by Gasteiger charge is 2.31. The Morgan fingerprint density at radius 2 is 1.89 bits per heavy atom. The molecule has 1 unspecified atom stereocenters. The summed E-state index contributed by atoms with van der Waals surface area (Å²) in [5.74, 6) is -0.0733. The van der Waals surface area contributed by atoms with Crippen LogP contribution in [0.2, 0.25) is 0 Å². The van der Waals surface area contributed by atoms with Crippen molar-refractivity contribution in [2.45, 2.75) is 51.7 Å². The number of hydrogen-bond donors (Lipinski definition) is 2. The summed E-state index contributed by atoms with van der Waals surface area (Å²) in [5, 5.41) is 2.94. The molecule has 0 aliphatic carbocycles. The number of nitrogens with two attached hydrogens (primary N) is 1. The van der Waals surface area contributed by atoms with Gasteiger partial charge in [0.1, 0.15) is 6.04 Å². The maximum Gasteiger partial charge on any atom is 0.245 e. The fourth-order valence-corrected chi connectivity index (χ4v) is 3.29. The Kier molecular flexibility index (Phi) is 8.75. The largest absolute Gasteiger partial charge is 0.378 e. The zero-order valence-corrected chi connectivity index (χ0v) is 16.5. The van der Waals surface area contributed by atoms with E-state index < -0.39 is 6.04 Å². The third-order valence-corrected chi connectivity index (χ3v) is 4.91. The van der Waals surface area contributed by atoms with Crippen molar-refractivity contribution >= 4 is 11.8 Å². The molecule has 1 aliphatic heterocycles. The summed E-state index contributed by atoms with van der Waals surface area (Å²) in [6.45, 7) is 6.59. The summed E-state index contributed by atoms with van der Waals surface area (Å²) in [5.41, 5.74) is 6.43. The molecule has 1 fully saturated rings. The lowest BCUT2D eigenvalue weighted by atomic mass is 10.00. The topological polar surface area (TPSA) is 84.7 Å². The lowest BCUT2D eigenvalue weighted by Crippen LogP contribution is -2.53. The lowest BCUT2D eigenvalue weighted by Gasteiger charge is -2.35. The van der Waals surface area contributed by atoms with Gasteiger partial charge in [-0.2, -0.15) is 0 Å². The van der Waals surface area contributed by atoms with E-state index in [9.17, 15) is 9.59 Å². The molecule has 0 saturated carbocycles. The number of hydrogen-bond acceptors (Lipinski definition) is 4. The lowest BCUT2D eigenvalue weighted by molar-refractivity contribution is -0.139. The highest BCUT2D eigenvalue weighted by Crippen LogP contribution is 2.17. The fourth-order valence-electron chi connectivity index (χ4n) is 3.29. The van der Waals surface area contributed by atoms with Crippen LogP contribution in [0.5, 0.6) is 0 Å². The summed E-state index contributed by atoms with van der Waals surface area (Å²) < 4.78 is 5.80. The van der Waals surface area contributed by atoms with E-state index in [1.165, 1.54) is 0 Å². The van der Waals surface area contributed by atoms with E-state index in [0.29, 0.717) is 26.2 Å². The number of piperidine rings is 1. The van der Waals surface area contributed by atoms with Crippen molar-refractivity contribution in [3.63, 3.8) is 0 Å². The molecule has 1 atom stereocenters. The SMILES string of the molecule is CC(C)C(NC(=O)Cc1ccccc1)C(=O)N1CCC(OCCCN)CC1. The van der Waals surface area contributed by atoms with Crippen molar-refractivity contribution in [3.05, 3.63) is 35.9 Å². The van der Waals surface area contributed by atoms with E-state index in [1.54, 1.807) is 0 Å². The van der Waals surface area contributed by atoms with Crippen LogP contribution in [0.3, 0.4) is 0 Å². The van der Waals surface area contributed by atoms with Gasteiger partial charge in [0.05, 0.1) is 12.5 Å². The van der Waals surface area contributed by atoms with Gasteiger partial charge in [0.25, 0.3) is 0 Å². The molecule has 1 aromatic carbocycles. The number of amides is 2. The normalized spacial score (nSPS) is 16.4. The average molecular weight is 376 g/mol. The quantitative estimate of drug-likeness (QED) is 0.644. The molecular formula is C21H33N3O3. The molecule has 1 saturated heterocycles. The van der Waals surface area contributed by atoms with Crippen molar-refractivity contribution in [1.29, 1.82) is 0 Å². The van der Waals surface area contributed by atoms with E-state index in [2.05, 4.69) is 5.32 Å². The molecular weight excluding hydrogens is 342 g/mol. The standard InChI is InChI=1S/C21H33N3O3/c1-16(2)20(23-19(25)15-17-7-4-3-5-8-17)21(26)24-12-9-18(10-13-24)27-14-6-11-22/h3-5,7-8,16,18,20H,6,9-15,22H2,1-2H3,(H,23,25). The van der Waals surface area contributed by atoms with E-state index in [4.69, 9.17) is 10.5 Å². The van der Waals surface area contributed by atoms with Crippen LogP contribution in [-0.2, 0) is 20.7 Å². The van der Waals surface area contributed by atoms with Gasteiger partial charge < -0.3 is 20.7 Å². The van der Waals surface area contributed by atoms with Gasteiger partial charge in [0, 0.05) is 19.7 Å². The van der Waals surface area contributed by atoms with Crippen LogP contribution in [0, 0.1) is 5.92 Å². The van der Waals surface area contributed by atoms with Crippen molar-refractivity contribution in [1.82, 2.24) is 10.2 Å². The number of carbonyl (C=O) groups excluding carboxylic acids is 2. The summed E-state index contributed by atoms with van der Waals surface area (Å²) in [7, 11) is 0. The summed E-state index contributed by atoms with van der Waals surface area (Å²) >= 11 is 0. The number of ether oxygens (including phenoxy) is 1. The monoisotopic (exact) mass is 375 g/mol. The molecule has 6 nitrogen and oxygen atoms in total. The van der Waals surface area contributed by atoms with E-state index >= 15 is 0 Å². The second-order valence-corrected chi connectivity index (χ2v) is 7.49. The molecule has 150 valence electrons. The molecule has 1 heterocycles. The van der Waals surface area contributed by atoms with Crippen LogP contribution in [0.4, 0.5) is 0 Å². The Bertz CT molecular complexity index is 584. The van der Waals surface area contributed by atoms with Gasteiger partial charge in [-0.1, -0.05) is 44.2 Å². The van der Waals surface area contributed by atoms with Crippen LogP contribution in [0.15, 0.2) is 30.3 Å². The first kappa shape index (κ1) is 21.4. The van der Waals surface area contributed by atoms with Gasteiger partial charge >= 0.3 is 0 Å². The predicted octanol–water partition coefficient (Wildman–Crippen LogP) is 1.73. The first-order valence-electron chi connectivity index (χ1n) is 9.95. The van der Waals surface area contributed by atoms with Crippen LogP contribution < -0.4 is 11.1 Å². The van der Waals surface area contributed by atoms with Crippen LogP contribution in [0.25, 0.3) is 0 Å². The Morgan fingerprint density at radius 1 is 1.22 bits per heavy atom. The molecule has 27 heavy (non-hydrogen) atoms. The minimum absolute atomic E-state index is 0.00631.